The summed E-state index contributed by atoms with van der Waals surface area (Å²) in [6.07, 6.45) is 0.776. The van der Waals surface area contributed by atoms with E-state index in [9.17, 15) is 47.9 Å². The smallest absolute Gasteiger partial charge is 0.656 e. The first kappa shape index (κ1) is 85.2. The van der Waals surface area contributed by atoms with Crippen molar-refractivity contribution in [3.05, 3.63) is 265 Å². The molecule has 2 aliphatic heterocycles. The second kappa shape index (κ2) is 38.6. The molecule has 1 aliphatic carbocycles. The number of hydrogen-bond acceptors (Lipinski definition) is 18. The average Bonchev–Trinajstić information content (AvgIpc) is 1.54. The van der Waals surface area contributed by atoms with Crippen LogP contribution in [-0.4, -0.2) is 122 Å². The summed E-state index contributed by atoms with van der Waals surface area (Å²) >= 11 is 0. The largest absolute Gasteiger partial charge is 2.00 e. The van der Waals surface area contributed by atoms with Crippen LogP contribution in [0.3, 0.4) is 0 Å². The van der Waals surface area contributed by atoms with Crippen molar-refractivity contribution in [2.24, 2.45) is 5.73 Å². The maximum Gasteiger partial charge on any atom is 2.00 e. The molecule has 4 heterocycles. The third-order valence-corrected chi connectivity index (χ3v) is 19.2. The molecule has 4 N–H and O–H groups in total. The Balaban J connectivity index is 0.00000129. The Labute approximate surface area is 694 Å². The average molecular weight is 1670 g/mol. The molecule has 8 bridgehead atoms. The Bertz CT molecular complexity index is 5360. The third-order valence-electron chi connectivity index (χ3n) is 19.2. The van der Waals surface area contributed by atoms with E-state index in [0.29, 0.717) is 118 Å². The topological polar surface area (TPSA) is 321 Å². The quantitative estimate of drug-likeness (QED) is 0.00746. The number of rotatable bonds is 29. The van der Waals surface area contributed by atoms with Crippen molar-refractivity contribution < 1.29 is 92.1 Å². The zero-order chi connectivity index (χ0) is 83.1. The van der Waals surface area contributed by atoms with E-state index in [4.69, 9.17) is 44.6 Å². The monoisotopic (exact) mass is 1670 g/mol. The Morgan fingerprint density at radius 3 is 0.864 bits per heavy atom. The first-order chi connectivity index (χ1) is 56.4. The van der Waals surface area contributed by atoms with Gasteiger partial charge in [0.25, 0.3) is 11.8 Å². The van der Waals surface area contributed by atoms with E-state index < -0.39 is 41.5 Å². The molecule has 0 spiro atoms. The predicted molar refractivity (Wildman–Crippen MR) is 450 cm³/mol. The van der Waals surface area contributed by atoms with Gasteiger partial charge < -0.3 is 50.0 Å². The molecule has 0 atom stereocenters. The SMILES string of the molecule is C=C(C)C(=O)OCCCC(=O)c1ccc(-c2c3nc(c(-c4ccc(C(=O)CCCOC(=O)C(=C)C)cc4)c4[n-]c(c(-c5ccc(C(=O)NCCOC(=O)C(C)=O)cc5)c5nc(c(-c6ccc(C(=O)NCCOC(=O)C(=C)C)cc6)c6[n-]c2c2ccccc62)-c2ccccc2-5)c2ccccc42)-c2ccccc2-3)cc1.C=C(C)C(=O)OCCN.[Pd+2]. The molecule has 10 aromatic rings. The second-order valence-corrected chi connectivity index (χ2v) is 27.9. The fraction of sp³-hybridized carbons (Fsp3) is 0.179. The second-order valence-electron chi connectivity index (χ2n) is 27.9. The molecule has 8 aromatic carbocycles. The van der Waals surface area contributed by atoms with Crippen LogP contribution < -0.4 is 26.3 Å². The zero-order valence-electron chi connectivity index (χ0n) is 65.6. The number of nitrogens with two attached hydrogens (primary N) is 1. The molecule has 0 radical (unpaired) electrons. The number of esters is 5. The summed E-state index contributed by atoms with van der Waals surface area (Å²) in [4.78, 5) is 150. The van der Waals surface area contributed by atoms with Crippen LogP contribution in [0.15, 0.2) is 243 Å². The van der Waals surface area contributed by atoms with Crippen molar-refractivity contribution >= 4 is 103 Å². The maximum absolute atomic E-state index is 14.1. The summed E-state index contributed by atoms with van der Waals surface area (Å²) in [5, 5.41) is 8.57. The van der Waals surface area contributed by atoms with Crippen molar-refractivity contribution in [1.82, 2.24) is 30.6 Å². The van der Waals surface area contributed by atoms with Crippen LogP contribution in [0.5, 0.6) is 0 Å². The van der Waals surface area contributed by atoms with Crippen LogP contribution in [-0.2, 0) is 72.9 Å². The van der Waals surface area contributed by atoms with E-state index in [1.807, 2.05) is 146 Å². The molecule has 23 heteroatoms. The van der Waals surface area contributed by atoms with Gasteiger partial charge in [-0.1, -0.05) is 196 Å². The number of ether oxygens (including phenoxy) is 5. The van der Waals surface area contributed by atoms with E-state index in [2.05, 4.69) is 41.7 Å². The summed E-state index contributed by atoms with van der Waals surface area (Å²) in [5.74, 6) is -4.99. The normalized spacial score (nSPS) is 10.9. The summed E-state index contributed by atoms with van der Waals surface area (Å²) in [6, 6.07) is 60.4. The molecule has 2 aromatic heterocycles. The maximum atomic E-state index is 14.1. The molecular weight excluding hydrogens is 1590 g/mol. The molecule has 0 saturated heterocycles. The molecule has 0 saturated carbocycles. The predicted octanol–water partition coefficient (Wildman–Crippen LogP) is 16.2. The first-order valence-corrected chi connectivity index (χ1v) is 37.9. The van der Waals surface area contributed by atoms with Crippen LogP contribution in [0.1, 0.15) is 102 Å². The molecule has 118 heavy (non-hydrogen) atoms. The van der Waals surface area contributed by atoms with Gasteiger partial charge in [0.1, 0.15) is 19.8 Å². The van der Waals surface area contributed by atoms with Crippen LogP contribution >= 0.6 is 0 Å². The Morgan fingerprint density at radius 1 is 0.339 bits per heavy atom. The molecule has 0 unspecified atom stereocenters. The van der Waals surface area contributed by atoms with Gasteiger partial charge in [0.05, 0.1) is 49.1 Å². The standard InChI is InChI=1S/C89H74N6O13.C6H11NO2.Pd/c1-50(2)86(101)105-46-16-26-70(97)54-28-32-56(33-29-54)72-76-62-18-8-9-19-63(62)77(92-76)73(57-34-30-55(31-35-57)71(98)27-17-47-106-87(102)51(3)4)79-65-21-11-13-23-67(65)81(94-79)75(59-38-42-61(43-39-59)85(100)91-45-49-108-89(104)53(7)96)83-69-25-15-14-24-68(69)82(95-83)74(80-66-22-12-10-20-64(66)78(72)93-80)58-36-40-60(41-37-58)84(99)90-44-48-107-88(103)52(5)6;1-5(2)6(8)9-4-3-7;/h8-15,18-25,28-43H,1,3,5,16-17,26-27,44-49H2,2,4,6-7H3,(H4,90,91,92,93,94,95,96,97,98,99,100,104);1,3-4,7H2,2H3;/q;;+2/p-2. The summed E-state index contributed by atoms with van der Waals surface area (Å²) in [5.41, 5.74) is 19.7. The van der Waals surface area contributed by atoms with Crippen molar-refractivity contribution in [1.29, 1.82) is 0 Å². The van der Waals surface area contributed by atoms with E-state index in [1.165, 1.54) is 0 Å². The Kier molecular flexibility index (Phi) is 27.9. The number of amides is 2. The van der Waals surface area contributed by atoms with E-state index in [-0.39, 0.29) is 132 Å². The molecule has 598 valence electrons. The van der Waals surface area contributed by atoms with E-state index in [1.54, 1.807) is 76.2 Å². The van der Waals surface area contributed by atoms with Gasteiger partial charge >= 0.3 is 50.3 Å². The molecule has 13 rings (SSSR count). The van der Waals surface area contributed by atoms with Crippen LogP contribution in [0.4, 0.5) is 0 Å². The molecule has 3 aliphatic rings. The van der Waals surface area contributed by atoms with Gasteiger partial charge in [-0.05, 0) is 131 Å². The first-order valence-electron chi connectivity index (χ1n) is 37.9. The fourth-order valence-corrected chi connectivity index (χ4v) is 13.5. The number of nitrogens with zero attached hydrogens (tertiary/aromatic N) is 4. The minimum absolute atomic E-state index is 0. The minimum Gasteiger partial charge on any atom is -0.656 e. The van der Waals surface area contributed by atoms with Gasteiger partial charge in [-0.2, -0.15) is 0 Å². The van der Waals surface area contributed by atoms with Crippen LogP contribution in [0.25, 0.3) is 133 Å². The Morgan fingerprint density at radius 2 is 0.593 bits per heavy atom. The van der Waals surface area contributed by atoms with Gasteiger partial charge in [-0.25, -0.2) is 33.9 Å². The zero-order valence-corrected chi connectivity index (χ0v) is 67.1. The number of hydrogen-bond donors (Lipinski definition) is 3. The van der Waals surface area contributed by atoms with Crippen molar-refractivity contribution in [3.8, 4) is 89.5 Å². The third kappa shape index (κ3) is 19.1. The van der Waals surface area contributed by atoms with Crippen molar-refractivity contribution in [2.45, 2.75) is 60.3 Å². The number of carbonyl (C=O) groups excluding carboxylic acids is 10. The number of nitrogens with one attached hydrogen (secondary N) is 2. The fourth-order valence-electron chi connectivity index (χ4n) is 13.5. The minimum atomic E-state index is -1.01. The summed E-state index contributed by atoms with van der Waals surface area (Å²) in [6.45, 7) is 22.1. The van der Waals surface area contributed by atoms with Crippen LogP contribution in [0, 0.1) is 0 Å². The van der Waals surface area contributed by atoms with Crippen molar-refractivity contribution in [2.75, 3.05) is 52.7 Å². The summed E-state index contributed by atoms with van der Waals surface area (Å²) < 4.78 is 25.6. The van der Waals surface area contributed by atoms with Gasteiger partial charge in [-0.3, -0.25) is 24.0 Å². The van der Waals surface area contributed by atoms with Gasteiger partial charge in [-0.15, -0.1) is 22.1 Å². The number of ketones is 3. The number of benzene rings is 8. The molecule has 2 amide bonds. The number of aromatic nitrogens is 4. The van der Waals surface area contributed by atoms with Crippen LogP contribution in [0.2, 0.25) is 0 Å². The molecule has 0 fully saturated rings. The summed E-state index contributed by atoms with van der Waals surface area (Å²) in [7, 11) is 0. The van der Waals surface area contributed by atoms with E-state index >= 15 is 0 Å². The van der Waals surface area contributed by atoms with Gasteiger partial charge in [0.15, 0.2) is 11.6 Å². The van der Waals surface area contributed by atoms with E-state index in [0.717, 1.165) is 50.7 Å². The molecular formula is C95H83N7O15Pd. The van der Waals surface area contributed by atoms with Crippen molar-refractivity contribution in [3.63, 3.8) is 0 Å². The van der Waals surface area contributed by atoms with Gasteiger partial charge in [0.2, 0.25) is 5.78 Å². The Hall–Kier alpha value is -13.7. The van der Waals surface area contributed by atoms with Gasteiger partial charge in [0, 0.05) is 93.1 Å². The number of Topliss-reactive ketones (excluding diaryl/α,β-unsaturated/α-hetero) is 3. The molecule has 22 nitrogen and oxygen atoms in total. The number of carbonyl (C=O) groups is 10.